The van der Waals surface area contributed by atoms with Gasteiger partial charge in [0, 0.05) is 19.6 Å². The molecule has 5 rings (SSSR count). The lowest BCUT2D eigenvalue weighted by Crippen LogP contribution is -2.31. The monoisotopic (exact) mass is 494 g/mol. The standard InChI is InChI=1S/C28H30O8/c1-12(2)16-11-33-23-13(3)10-18-20(21(23)25(16)34-14(4)29)22(31)19-17(30)9-8-15(24(19)35-18)26(32-7)27-28(5,6)36-27/h8-10,16,25-27,30H,1,11H2,2-7H3/t16-,25-,26-,27-/m1/s1. The van der Waals surface area contributed by atoms with E-state index in [0.29, 0.717) is 22.5 Å². The fourth-order valence-corrected chi connectivity index (χ4v) is 5.26. The van der Waals surface area contributed by atoms with E-state index >= 15 is 0 Å². The number of esters is 1. The largest absolute Gasteiger partial charge is 0.507 e. The quantitative estimate of drug-likeness (QED) is 0.228. The van der Waals surface area contributed by atoms with E-state index in [4.69, 9.17) is 23.4 Å². The van der Waals surface area contributed by atoms with Crippen LogP contribution >= 0.6 is 0 Å². The Morgan fingerprint density at radius 2 is 1.94 bits per heavy atom. The zero-order valence-electron chi connectivity index (χ0n) is 21.3. The highest BCUT2D eigenvalue weighted by molar-refractivity contribution is 5.97. The number of benzene rings is 2. The average molecular weight is 495 g/mol. The predicted octanol–water partition coefficient (Wildman–Crippen LogP) is 5.01. The average Bonchev–Trinajstić information content (AvgIpc) is 3.42. The Labute approximate surface area is 208 Å². The van der Waals surface area contributed by atoms with Crippen molar-refractivity contribution in [1.29, 1.82) is 0 Å². The maximum atomic E-state index is 14.1. The van der Waals surface area contributed by atoms with Gasteiger partial charge in [0.1, 0.15) is 46.4 Å². The van der Waals surface area contributed by atoms with Gasteiger partial charge in [0.2, 0.25) is 5.43 Å². The molecular weight excluding hydrogens is 464 g/mol. The van der Waals surface area contributed by atoms with E-state index in [0.717, 1.165) is 11.1 Å². The van der Waals surface area contributed by atoms with Crippen LogP contribution in [0.5, 0.6) is 11.5 Å². The first kappa shape index (κ1) is 24.3. The number of carbonyl (C=O) groups is 1. The van der Waals surface area contributed by atoms with Gasteiger partial charge in [-0.25, -0.2) is 0 Å². The van der Waals surface area contributed by atoms with Crippen molar-refractivity contribution in [2.24, 2.45) is 5.92 Å². The molecule has 0 amide bonds. The topological polar surface area (TPSA) is 108 Å². The van der Waals surface area contributed by atoms with Crippen LogP contribution in [0.4, 0.5) is 0 Å². The Morgan fingerprint density at radius 3 is 2.53 bits per heavy atom. The third kappa shape index (κ3) is 3.67. The Morgan fingerprint density at radius 1 is 1.25 bits per heavy atom. The SMILES string of the molecule is C=C(C)[C@H]1COc2c(C)cc3oc4c([C@@H](OC)[C@H]5OC5(C)C)ccc(O)c4c(=O)c3c2[C@@H]1OC(C)=O. The molecule has 3 heterocycles. The van der Waals surface area contributed by atoms with E-state index < -0.39 is 23.6 Å². The molecule has 1 aromatic heterocycles. The van der Waals surface area contributed by atoms with E-state index in [2.05, 4.69) is 6.58 Å². The number of ether oxygens (including phenoxy) is 4. The molecule has 1 N–H and O–H groups in total. The normalized spacial score (nSPS) is 23.1. The second kappa shape index (κ2) is 8.35. The molecule has 0 unspecified atom stereocenters. The highest BCUT2D eigenvalue weighted by Gasteiger charge is 2.54. The van der Waals surface area contributed by atoms with Crippen molar-refractivity contribution in [2.75, 3.05) is 13.7 Å². The van der Waals surface area contributed by atoms with Crippen molar-refractivity contribution in [3.8, 4) is 11.5 Å². The van der Waals surface area contributed by atoms with Gasteiger partial charge in [-0.3, -0.25) is 9.59 Å². The number of epoxide rings is 1. The smallest absolute Gasteiger partial charge is 0.303 e. The molecule has 36 heavy (non-hydrogen) atoms. The third-order valence-corrected chi connectivity index (χ3v) is 7.18. The van der Waals surface area contributed by atoms with Gasteiger partial charge in [0.15, 0.2) is 0 Å². The van der Waals surface area contributed by atoms with Crippen LogP contribution in [0.25, 0.3) is 21.9 Å². The number of carbonyl (C=O) groups excluding carboxylic acids is 1. The van der Waals surface area contributed by atoms with Gasteiger partial charge in [0.05, 0.1) is 29.1 Å². The minimum absolute atomic E-state index is 0.0191. The maximum Gasteiger partial charge on any atom is 0.303 e. The Balaban J connectivity index is 1.84. The van der Waals surface area contributed by atoms with Crippen LogP contribution in [-0.4, -0.2) is 36.5 Å². The Hall–Kier alpha value is -3.36. The van der Waals surface area contributed by atoms with Crippen LogP contribution in [-0.2, 0) is 19.0 Å². The summed E-state index contributed by atoms with van der Waals surface area (Å²) in [6.07, 6.45) is -1.53. The number of methoxy groups -OCH3 is 1. The number of hydrogen-bond acceptors (Lipinski definition) is 8. The molecule has 0 aliphatic carbocycles. The number of rotatable bonds is 5. The first-order valence-corrected chi connectivity index (χ1v) is 11.9. The first-order chi connectivity index (χ1) is 17.0. The van der Waals surface area contributed by atoms with Crippen molar-refractivity contribution >= 4 is 27.9 Å². The van der Waals surface area contributed by atoms with Crippen LogP contribution in [0.15, 0.2) is 39.6 Å². The van der Waals surface area contributed by atoms with Crippen molar-refractivity contribution in [1.82, 2.24) is 0 Å². The highest BCUT2D eigenvalue weighted by atomic mass is 16.6. The van der Waals surface area contributed by atoms with Gasteiger partial charge in [-0.2, -0.15) is 0 Å². The summed E-state index contributed by atoms with van der Waals surface area (Å²) >= 11 is 0. The second-order valence-corrected chi connectivity index (χ2v) is 10.2. The van der Waals surface area contributed by atoms with Gasteiger partial charge in [-0.05, 0) is 51.5 Å². The number of phenolic OH excluding ortho intramolecular Hbond substituents is 1. The van der Waals surface area contributed by atoms with Gasteiger partial charge in [-0.1, -0.05) is 12.2 Å². The lowest BCUT2D eigenvalue weighted by Gasteiger charge is -2.34. The zero-order chi connectivity index (χ0) is 26.1. The van der Waals surface area contributed by atoms with Gasteiger partial charge >= 0.3 is 5.97 Å². The molecular formula is C28H30O8. The molecule has 0 saturated carbocycles. The summed E-state index contributed by atoms with van der Waals surface area (Å²) < 4.78 is 29.7. The molecule has 1 fully saturated rings. The van der Waals surface area contributed by atoms with Gasteiger partial charge < -0.3 is 28.5 Å². The predicted molar refractivity (Wildman–Crippen MR) is 133 cm³/mol. The van der Waals surface area contributed by atoms with E-state index in [1.165, 1.54) is 13.0 Å². The van der Waals surface area contributed by atoms with Crippen LogP contribution in [0.1, 0.15) is 56.6 Å². The van der Waals surface area contributed by atoms with Crippen LogP contribution < -0.4 is 10.2 Å². The molecule has 0 radical (unpaired) electrons. The van der Waals surface area contributed by atoms with Crippen molar-refractivity contribution < 1.29 is 33.3 Å². The lowest BCUT2D eigenvalue weighted by atomic mass is 9.85. The molecule has 0 bridgehead atoms. The molecule has 3 aromatic rings. The maximum absolute atomic E-state index is 14.1. The number of fused-ring (bicyclic) bond motifs is 4. The summed E-state index contributed by atoms with van der Waals surface area (Å²) in [7, 11) is 1.57. The first-order valence-electron chi connectivity index (χ1n) is 11.9. The van der Waals surface area contributed by atoms with Crippen LogP contribution in [0.3, 0.4) is 0 Å². The van der Waals surface area contributed by atoms with E-state index in [-0.39, 0.29) is 46.3 Å². The van der Waals surface area contributed by atoms with Crippen molar-refractivity contribution in [3.05, 3.63) is 57.3 Å². The number of phenols is 1. The summed E-state index contributed by atoms with van der Waals surface area (Å²) in [6, 6.07) is 4.87. The molecule has 8 nitrogen and oxygen atoms in total. The minimum Gasteiger partial charge on any atom is -0.507 e. The van der Waals surface area contributed by atoms with Gasteiger partial charge in [0.25, 0.3) is 0 Å². The number of aromatic hydroxyl groups is 1. The number of aryl methyl sites for hydroxylation is 1. The zero-order valence-corrected chi connectivity index (χ0v) is 21.3. The minimum atomic E-state index is -0.788. The summed E-state index contributed by atoms with van der Waals surface area (Å²) in [5.74, 6) is -0.592. The second-order valence-electron chi connectivity index (χ2n) is 10.2. The summed E-state index contributed by atoms with van der Waals surface area (Å²) in [5.41, 5.74) is 2.20. The van der Waals surface area contributed by atoms with E-state index in [9.17, 15) is 14.7 Å². The lowest BCUT2D eigenvalue weighted by molar-refractivity contribution is -0.150. The molecule has 0 spiro atoms. The highest BCUT2D eigenvalue weighted by Crippen LogP contribution is 2.49. The van der Waals surface area contributed by atoms with Crippen LogP contribution in [0, 0.1) is 12.8 Å². The van der Waals surface area contributed by atoms with E-state index in [1.807, 2.05) is 27.7 Å². The fraction of sp³-hybridized carbons (Fsp3) is 0.429. The van der Waals surface area contributed by atoms with E-state index in [1.54, 1.807) is 19.2 Å². The Kier molecular flexibility index (Phi) is 5.65. The molecule has 8 heteroatoms. The van der Waals surface area contributed by atoms with Crippen LogP contribution in [0.2, 0.25) is 0 Å². The molecule has 2 aromatic carbocycles. The van der Waals surface area contributed by atoms with Crippen molar-refractivity contribution in [3.63, 3.8) is 0 Å². The molecule has 4 atom stereocenters. The molecule has 190 valence electrons. The summed E-state index contributed by atoms with van der Waals surface area (Å²) in [6.45, 7) is 13.2. The van der Waals surface area contributed by atoms with Crippen molar-refractivity contribution in [2.45, 2.75) is 58.5 Å². The molecule has 1 saturated heterocycles. The molecule has 2 aliphatic rings. The molecule has 2 aliphatic heterocycles. The number of hydrogen-bond donors (Lipinski definition) is 1. The van der Waals surface area contributed by atoms with Gasteiger partial charge in [-0.15, -0.1) is 0 Å². The summed E-state index contributed by atoms with van der Waals surface area (Å²) in [4.78, 5) is 26.1. The fourth-order valence-electron chi connectivity index (χ4n) is 5.26. The Bertz CT molecular complexity index is 1480. The summed E-state index contributed by atoms with van der Waals surface area (Å²) in [5, 5.41) is 11.0. The third-order valence-electron chi connectivity index (χ3n) is 7.18.